The molecule has 3 aliphatic rings. The third-order valence-corrected chi connectivity index (χ3v) is 4.95. The monoisotopic (exact) mass is 396 g/mol. The number of ether oxygens (including phenoxy) is 1. The van der Waals surface area contributed by atoms with Gasteiger partial charge in [0.1, 0.15) is 6.10 Å². The highest BCUT2D eigenvalue weighted by Gasteiger charge is 2.30. The van der Waals surface area contributed by atoms with E-state index in [1.807, 2.05) is 9.80 Å². The maximum Gasteiger partial charge on any atom is 0.253 e. The molecule has 0 radical (unpaired) electrons. The highest BCUT2D eigenvalue weighted by molar-refractivity contribution is 5.85. The van der Waals surface area contributed by atoms with Crippen molar-refractivity contribution in [3.8, 4) is 0 Å². The van der Waals surface area contributed by atoms with Gasteiger partial charge in [-0.3, -0.25) is 14.5 Å². The second-order valence-electron chi connectivity index (χ2n) is 6.61. The van der Waals surface area contributed by atoms with Gasteiger partial charge in [0.05, 0.1) is 13.2 Å². The molecule has 0 aromatic heterocycles. The van der Waals surface area contributed by atoms with Crippen LogP contribution in [0.15, 0.2) is 0 Å². The Balaban J connectivity index is 0.00000156. The van der Waals surface area contributed by atoms with Crippen molar-refractivity contribution >= 4 is 36.6 Å². The molecule has 7 nitrogen and oxygen atoms in total. The average molecular weight is 397 g/mol. The molecule has 25 heavy (non-hydrogen) atoms. The van der Waals surface area contributed by atoms with Crippen LogP contribution < -0.4 is 5.32 Å². The molecule has 0 spiro atoms. The van der Waals surface area contributed by atoms with Crippen LogP contribution in [0.5, 0.6) is 0 Å². The summed E-state index contributed by atoms with van der Waals surface area (Å²) in [6, 6.07) is 0. The molecule has 3 rings (SSSR count). The Labute approximate surface area is 162 Å². The summed E-state index contributed by atoms with van der Waals surface area (Å²) in [5, 5.41) is 3.19. The van der Waals surface area contributed by atoms with Crippen molar-refractivity contribution < 1.29 is 14.3 Å². The van der Waals surface area contributed by atoms with Crippen molar-refractivity contribution in [2.75, 3.05) is 65.5 Å². The van der Waals surface area contributed by atoms with Gasteiger partial charge < -0.3 is 19.9 Å². The van der Waals surface area contributed by atoms with Crippen molar-refractivity contribution in [1.82, 2.24) is 20.0 Å². The summed E-state index contributed by atoms with van der Waals surface area (Å²) >= 11 is 0. The quantitative estimate of drug-likeness (QED) is 0.725. The highest BCUT2D eigenvalue weighted by atomic mass is 35.5. The van der Waals surface area contributed by atoms with Gasteiger partial charge in [-0.15, -0.1) is 24.8 Å². The van der Waals surface area contributed by atoms with Gasteiger partial charge in [0.2, 0.25) is 5.91 Å². The Hall–Kier alpha value is -0.600. The first-order valence-corrected chi connectivity index (χ1v) is 8.85. The van der Waals surface area contributed by atoms with Gasteiger partial charge in [0, 0.05) is 52.4 Å². The van der Waals surface area contributed by atoms with E-state index in [-0.39, 0.29) is 42.7 Å². The van der Waals surface area contributed by atoms with Crippen LogP contribution in [0, 0.1) is 0 Å². The molecule has 3 fully saturated rings. The minimum Gasteiger partial charge on any atom is -0.366 e. The molecular formula is C16H30Cl2N4O3. The molecule has 9 heteroatoms. The van der Waals surface area contributed by atoms with Gasteiger partial charge in [0.15, 0.2) is 0 Å². The summed E-state index contributed by atoms with van der Waals surface area (Å²) in [4.78, 5) is 30.7. The van der Waals surface area contributed by atoms with E-state index < -0.39 is 0 Å². The highest BCUT2D eigenvalue weighted by Crippen LogP contribution is 2.11. The second-order valence-corrected chi connectivity index (χ2v) is 6.61. The molecule has 3 aliphatic heterocycles. The molecule has 3 heterocycles. The zero-order valence-electron chi connectivity index (χ0n) is 14.7. The first-order valence-electron chi connectivity index (χ1n) is 8.85. The van der Waals surface area contributed by atoms with E-state index >= 15 is 0 Å². The number of nitrogens with zero attached hydrogens (tertiary/aromatic N) is 3. The summed E-state index contributed by atoms with van der Waals surface area (Å²) in [5.41, 5.74) is 0. The van der Waals surface area contributed by atoms with Crippen LogP contribution in [0.4, 0.5) is 0 Å². The van der Waals surface area contributed by atoms with Crippen molar-refractivity contribution in [2.24, 2.45) is 0 Å². The van der Waals surface area contributed by atoms with Crippen molar-refractivity contribution in [2.45, 2.75) is 25.4 Å². The number of hydrogen-bond donors (Lipinski definition) is 1. The molecule has 0 bridgehead atoms. The zero-order chi connectivity index (χ0) is 16.1. The van der Waals surface area contributed by atoms with Crippen molar-refractivity contribution in [1.29, 1.82) is 0 Å². The summed E-state index contributed by atoms with van der Waals surface area (Å²) < 4.78 is 5.54. The lowest BCUT2D eigenvalue weighted by Crippen LogP contribution is -2.56. The minimum atomic E-state index is -0.342. The third kappa shape index (κ3) is 6.25. The maximum absolute atomic E-state index is 12.4. The molecule has 0 saturated carbocycles. The number of halogens is 2. The van der Waals surface area contributed by atoms with Crippen LogP contribution in [-0.2, 0) is 14.3 Å². The normalized spacial score (nSPS) is 24.9. The van der Waals surface area contributed by atoms with Gasteiger partial charge in [-0.05, 0) is 19.3 Å². The lowest BCUT2D eigenvalue weighted by molar-refractivity contribution is -0.147. The van der Waals surface area contributed by atoms with E-state index in [1.54, 1.807) is 0 Å². The van der Waals surface area contributed by atoms with Gasteiger partial charge >= 0.3 is 0 Å². The Morgan fingerprint density at radius 3 is 2.20 bits per heavy atom. The maximum atomic E-state index is 12.4. The summed E-state index contributed by atoms with van der Waals surface area (Å²) in [7, 11) is 0. The van der Waals surface area contributed by atoms with E-state index in [0.29, 0.717) is 32.8 Å². The number of morpholine rings is 1. The molecule has 1 atom stereocenters. The first kappa shape index (κ1) is 22.4. The summed E-state index contributed by atoms with van der Waals surface area (Å²) in [6.07, 6.45) is 3.15. The molecular weight excluding hydrogens is 367 g/mol. The van der Waals surface area contributed by atoms with Crippen molar-refractivity contribution in [3.05, 3.63) is 0 Å². The molecule has 2 amide bonds. The molecule has 1 N–H and O–H groups in total. The number of likely N-dealkylation sites (tertiary alicyclic amines) is 1. The lowest BCUT2D eigenvalue weighted by atomic mass is 10.1. The van der Waals surface area contributed by atoms with E-state index in [0.717, 1.165) is 45.6 Å². The SMILES string of the molecule is Cl.Cl.O=C(CN1CCN(C(=O)C2CNCCO2)CC1)N1CCCCC1. The van der Waals surface area contributed by atoms with E-state index in [1.165, 1.54) is 6.42 Å². The largest absolute Gasteiger partial charge is 0.366 e. The van der Waals surface area contributed by atoms with Crippen LogP contribution >= 0.6 is 24.8 Å². The van der Waals surface area contributed by atoms with E-state index in [4.69, 9.17) is 4.74 Å². The molecule has 0 aromatic carbocycles. The van der Waals surface area contributed by atoms with Gasteiger partial charge in [-0.2, -0.15) is 0 Å². The predicted octanol–water partition coefficient (Wildman–Crippen LogP) is -0.0249. The zero-order valence-corrected chi connectivity index (χ0v) is 16.3. The number of hydrogen-bond acceptors (Lipinski definition) is 5. The minimum absolute atomic E-state index is 0. The second kappa shape index (κ2) is 11.2. The number of nitrogens with one attached hydrogen (secondary N) is 1. The van der Waals surface area contributed by atoms with Gasteiger partial charge in [0.25, 0.3) is 5.91 Å². The van der Waals surface area contributed by atoms with Crippen LogP contribution in [0.3, 0.4) is 0 Å². The number of amides is 2. The molecule has 0 aromatic rings. The van der Waals surface area contributed by atoms with E-state index in [2.05, 4.69) is 10.2 Å². The molecule has 146 valence electrons. The average Bonchev–Trinajstić information content (AvgIpc) is 2.63. The fourth-order valence-electron chi connectivity index (χ4n) is 3.49. The standard InChI is InChI=1S/C16H28N4O3.2ClH/c21-15(19-5-2-1-3-6-19)13-18-7-9-20(10-8-18)16(22)14-12-17-4-11-23-14;;/h14,17H,1-13H2;2*1H. The predicted molar refractivity (Wildman–Crippen MR) is 101 cm³/mol. The number of rotatable bonds is 3. The summed E-state index contributed by atoms with van der Waals surface area (Å²) in [5.74, 6) is 0.323. The Morgan fingerprint density at radius 1 is 0.920 bits per heavy atom. The van der Waals surface area contributed by atoms with Crippen LogP contribution in [-0.4, -0.2) is 98.1 Å². The van der Waals surface area contributed by atoms with Crippen LogP contribution in [0.25, 0.3) is 0 Å². The smallest absolute Gasteiger partial charge is 0.253 e. The number of piperidine rings is 1. The fraction of sp³-hybridized carbons (Fsp3) is 0.875. The summed E-state index contributed by atoms with van der Waals surface area (Å²) in [6.45, 7) is 7.23. The van der Waals surface area contributed by atoms with Crippen molar-refractivity contribution in [3.63, 3.8) is 0 Å². The molecule has 0 aliphatic carbocycles. The molecule has 3 saturated heterocycles. The Kier molecular flexibility index (Phi) is 10.0. The number of carbonyl (C=O) groups is 2. The van der Waals surface area contributed by atoms with E-state index in [9.17, 15) is 9.59 Å². The van der Waals surface area contributed by atoms with Gasteiger partial charge in [-0.25, -0.2) is 0 Å². The van der Waals surface area contributed by atoms with Crippen LogP contribution in [0.2, 0.25) is 0 Å². The molecule has 1 unspecified atom stereocenters. The van der Waals surface area contributed by atoms with Crippen LogP contribution in [0.1, 0.15) is 19.3 Å². The third-order valence-electron chi connectivity index (χ3n) is 4.95. The number of carbonyl (C=O) groups excluding carboxylic acids is 2. The number of piperazine rings is 1. The lowest BCUT2D eigenvalue weighted by Gasteiger charge is -2.37. The van der Waals surface area contributed by atoms with Gasteiger partial charge in [-0.1, -0.05) is 0 Å². The Bertz CT molecular complexity index is 422. The topological polar surface area (TPSA) is 65.1 Å². The first-order chi connectivity index (χ1) is 11.2. The Morgan fingerprint density at radius 2 is 1.60 bits per heavy atom. The fourth-order valence-corrected chi connectivity index (χ4v) is 3.49.